The van der Waals surface area contributed by atoms with Gasteiger partial charge >= 0.3 is 0 Å². The van der Waals surface area contributed by atoms with E-state index in [0.29, 0.717) is 40.3 Å². The Labute approximate surface area is 185 Å². The van der Waals surface area contributed by atoms with Crippen molar-refractivity contribution in [1.82, 2.24) is 5.43 Å². The Morgan fingerprint density at radius 2 is 1.77 bits per heavy atom. The number of nitrogens with one attached hydrogen (secondary N) is 1. The Bertz CT molecular complexity index is 1040. The highest BCUT2D eigenvalue weighted by atomic mass is 35.5. The first-order valence-corrected chi connectivity index (χ1v) is 10.0. The lowest BCUT2D eigenvalue weighted by molar-refractivity contribution is 0.0955. The van der Waals surface area contributed by atoms with Crippen molar-refractivity contribution < 1.29 is 14.3 Å². The molecule has 3 aromatic carbocycles. The Morgan fingerprint density at radius 1 is 0.967 bits per heavy atom. The average Bonchev–Trinajstić information content (AvgIpc) is 2.74. The van der Waals surface area contributed by atoms with Crippen LogP contribution >= 0.6 is 23.2 Å². The summed E-state index contributed by atoms with van der Waals surface area (Å²) < 4.78 is 11.6. The van der Waals surface area contributed by atoms with Gasteiger partial charge in [0.15, 0.2) is 11.5 Å². The Kier molecular flexibility index (Phi) is 7.71. The normalized spacial score (nSPS) is 10.8. The lowest BCUT2D eigenvalue weighted by Gasteiger charge is -2.12. The summed E-state index contributed by atoms with van der Waals surface area (Å²) in [5, 5.41) is 5.17. The molecule has 0 saturated heterocycles. The monoisotopic (exact) mass is 442 g/mol. The number of amides is 1. The van der Waals surface area contributed by atoms with Crippen molar-refractivity contribution in [2.75, 3.05) is 6.61 Å². The Balaban J connectivity index is 1.65. The molecule has 7 heteroatoms. The number of carbonyl (C=O) groups is 1. The fraction of sp³-hybridized carbons (Fsp3) is 0.130. The molecule has 0 fully saturated rings. The standard InChI is InChI=1S/C23H20Cl2N2O3/c1-2-29-22-12-17(14-26-27-23(28)18-4-3-5-20(25)13-18)8-11-21(22)30-15-16-6-9-19(24)10-7-16/h3-14H,2,15H2,1H3,(H,27,28). The van der Waals surface area contributed by atoms with Gasteiger partial charge in [-0.05, 0) is 66.6 Å². The van der Waals surface area contributed by atoms with Crippen LogP contribution in [0.15, 0.2) is 71.8 Å². The predicted molar refractivity (Wildman–Crippen MR) is 120 cm³/mol. The van der Waals surface area contributed by atoms with Crippen LogP contribution in [0, 0.1) is 0 Å². The van der Waals surface area contributed by atoms with Crippen LogP contribution in [0.5, 0.6) is 11.5 Å². The largest absolute Gasteiger partial charge is 0.490 e. The van der Waals surface area contributed by atoms with Crippen molar-refractivity contribution >= 4 is 35.3 Å². The summed E-state index contributed by atoms with van der Waals surface area (Å²) >= 11 is 11.8. The van der Waals surface area contributed by atoms with Crippen molar-refractivity contribution in [1.29, 1.82) is 0 Å². The lowest BCUT2D eigenvalue weighted by atomic mass is 10.2. The molecule has 154 valence electrons. The summed E-state index contributed by atoms with van der Waals surface area (Å²) in [6.07, 6.45) is 1.54. The van der Waals surface area contributed by atoms with Crippen LogP contribution < -0.4 is 14.9 Å². The van der Waals surface area contributed by atoms with E-state index in [1.807, 2.05) is 37.3 Å². The Morgan fingerprint density at radius 3 is 2.50 bits per heavy atom. The molecule has 0 atom stereocenters. The zero-order chi connectivity index (χ0) is 21.3. The molecule has 1 amide bonds. The average molecular weight is 443 g/mol. The third-order valence-electron chi connectivity index (χ3n) is 4.04. The third kappa shape index (κ3) is 6.24. The molecule has 0 spiro atoms. The van der Waals surface area contributed by atoms with E-state index in [4.69, 9.17) is 32.7 Å². The van der Waals surface area contributed by atoms with E-state index >= 15 is 0 Å². The van der Waals surface area contributed by atoms with Crippen molar-refractivity contribution in [3.8, 4) is 11.5 Å². The van der Waals surface area contributed by atoms with Crippen molar-refractivity contribution in [3.05, 3.63) is 93.5 Å². The lowest BCUT2D eigenvalue weighted by Crippen LogP contribution is -2.17. The summed E-state index contributed by atoms with van der Waals surface area (Å²) in [5.74, 6) is 0.866. The maximum atomic E-state index is 12.1. The smallest absolute Gasteiger partial charge is 0.271 e. The van der Waals surface area contributed by atoms with Crippen molar-refractivity contribution in [2.45, 2.75) is 13.5 Å². The quantitative estimate of drug-likeness (QED) is 0.357. The number of carbonyl (C=O) groups excluding carboxylic acids is 1. The number of benzene rings is 3. The molecule has 3 aromatic rings. The van der Waals surface area contributed by atoms with Crippen LogP contribution in [0.4, 0.5) is 0 Å². The van der Waals surface area contributed by atoms with Crippen molar-refractivity contribution in [2.24, 2.45) is 5.10 Å². The first-order chi connectivity index (χ1) is 14.5. The van der Waals surface area contributed by atoms with Crippen LogP contribution in [0.3, 0.4) is 0 Å². The van der Waals surface area contributed by atoms with Crippen LogP contribution in [-0.4, -0.2) is 18.7 Å². The van der Waals surface area contributed by atoms with Crippen LogP contribution in [0.25, 0.3) is 0 Å². The molecule has 0 unspecified atom stereocenters. The fourth-order valence-electron chi connectivity index (χ4n) is 2.59. The van der Waals surface area contributed by atoms with Crippen molar-refractivity contribution in [3.63, 3.8) is 0 Å². The molecule has 1 N–H and O–H groups in total. The minimum Gasteiger partial charge on any atom is -0.490 e. The molecule has 0 aliphatic rings. The van der Waals surface area contributed by atoms with Gasteiger partial charge in [-0.3, -0.25) is 4.79 Å². The maximum absolute atomic E-state index is 12.1. The summed E-state index contributed by atoms with van der Waals surface area (Å²) in [4.78, 5) is 12.1. The molecule has 0 heterocycles. The second-order valence-corrected chi connectivity index (χ2v) is 7.14. The topological polar surface area (TPSA) is 59.9 Å². The van der Waals surface area contributed by atoms with E-state index < -0.39 is 0 Å². The molecule has 0 aliphatic heterocycles. The highest BCUT2D eigenvalue weighted by Crippen LogP contribution is 2.29. The summed E-state index contributed by atoms with van der Waals surface area (Å²) in [5.41, 5.74) is 4.66. The van der Waals surface area contributed by atoms with Crippen LogP contribution in [0.1, 0.15) is 28.4 Å². The highest BCUT2D eigenvalue weighted by Gasteiger charge is 2.07. The first-order valence-electron chi connectivity index (χ1n) is 9.28. The summed E-state index contributed by atoms with van der Waals surface area (Å²) in [6.45, 7) is 2.78. The second-order valence-electron chi connectivity index (χ2n) is 6.26. The third-order valence-corrected chi connectivity index (χ3v) is 4.53. The van der Waals surface area contributed by atoms with Gasteiger partial charge in [0.25, 0.3) is 5.91 Å². The molecule has 30 heavy (non-hydrogen) atoms. The van der Waals surface area contributed by atoms with Gasteiger partial charge in [0.05, 0.1) is 12.8 Å². The van der Waals surface area contributed by atoms with Gasteiger partial charge in [0.1, 0.15) is 6.61 Å². The molecule has 0 aliphatic carbocycles. The number of hydrogen-bond acceptors (Lipinski definition) is 4. The number of ether oxygens (including phenoxy) is 2. The first kappa shape index (κ1) is 21.7. The Hall–Kier alpha value is -3.02. The van der Waals surface area contributed by atoms with E-state index in [0.717, 1.165) is 11.1 Å². The van der Waals surface area contributed by atoms with Gasteiger partial charge in [-0.1, -0.05) is 41.4 Å². The SMILES string of the molecule is CCOc1cc(C=NNC(=O)c2cccc(Cl)c2)ccc1OCc1ccc(Cl)cc1. The minimum absolute atomic E-state index is 0.346. The van der Waals surface area contributed by atoms with E-state index in [2.05, 4.69) is 10.5 Å². The molecule has 3 rings (SSSR count). The highest BCUT2D eigenvalue weighted by molar-refractivity contribution is 6.31. The molecular weight excluding hydrogens is 423 g/mol. The van der Waals surface area contributed by atoms with Gasteiger partial charge < -0.3 is 9.47 Å². The number of rotatable bonds is 8. The van der Waals surface area contributed by atoms with Gasteiger partial charge in [0, 0.05) is 15.6 Å². The molecule has 0 radical (unpaired) electrons. The van der Waals surface area contributed by atoms with Gasteiger partial charge in [-0.25, -0.2) is 5.43 Å². The van der Waals surface area contributed by atoms with Gasteiger partial charge in [0.2, 0.25) is 0 Å². The van der Waals surface area contributed by atoms with Gasteiger partial charge in [-0.2, -0.15) is 5.10 Å². The minimum atomic E-state index is -0.346. The molecule has 0 saturated carbocycles. The van der Waals surface area contributed by atoms with Crippen LogP contribution in [-0.2, 0) is 6.61 Å². The van der Waals surface area contributed by atoms with E-state index in [1.165, 1.54) is 6.21 Å². The van der Waals surface area contributed by atoms with Gasteiger partial charge in [-0.15, -0.1) is 0 Å². The zero-order valence-corrected chi connectivity index (χ0v) is 17.8. The van der Waals surface area contributed by atoms with Crippen LogP contribution in [0.2, 0.25) is 10.0 Å². The van der Waals surface area contributed by atoms with E-state index in [-0.39, 0.29) is 5.91 Å². The zero-order valence-electron chi connectivity index (χ0n) is 16.3. The number of hydrogen-bond donors (Lipinski definition) is 1. The molecule has 0 aromatic heterocycles. The van der Waals surface area contributed by atoms with E-state index in [9.17, 15) is 4.79 Å². The predicted octanol–water partition coefficient (Wildman–Crippen LogP) is 5.74. The number of nitrogens with zero attached hydrogens (tertiary/aromatic N) is 1. The molecular formula is C23H20Cl2N2O3. The number of halogens is 2. The van der Waals surface area contributed by atoms with E-state index in [1.54, 1.807) is 36.4 Å². The maximum Gasteiger partial charge on any atom is 0.271 e. The second kappa shape index (κ2) is 10.7. The fourth-order valence-corrected chi connectivity index (χ4v) is 2.91. The summed E-state index contributed by atoms with van der Waals surface area (Å²) in [7, 11) is 0. The molecule has 0 bridgehead atoms. The summed E-state index contributed by atoms with van der Waals surface area (Å²) in [6, 6.07) is 19.5. The molecule has 5 nitrogen and oxygen atoms in total. The number of hydrazone groups is 1.